The van der Waals surface area contributed by atoms with Gasteiger partial charge in [0, 0.05) is 39.0 Å². The highest BCUT2D eigenvalue weighted by atomic mass is 14.9. The van der Waals surface area contributed by atoms with Crippen molar-refractivity contribution in [1.82, 2.24) is 4.98 Å². The molecule has 7 rings (SSSR count). The number of benzene rings is 5. The largest absolute Gasteiger partial charge is 0.354 e. The monoisotopic (exact) mass is 519 g/mol. The number of fused-ring (bicyclic) bond motifs is 5. The van der Waals surface area contributed by atoms with Crippen molar-refractivity contribution >= 4 is 44.0 Å². The molecule has 196 valence electrons. The summed E-state index contributed by atoms with van der Waals surface area (Å²) in [7, 11) is 0. The van der Waals surface area contributed by atoms with E-state index in [1.807, 2.05) is 0 Å². The van der Waals surface area contributed by atoms with Crippen molar-refractivity contribution in [3.8, 4) is 11.1 Å². The van der Waals surface area contributed by atoms with Crippen LogP contribution in [0.1, 0.15) is 18.9 Å². The number of nitrogens with two attached hydrogens (primary N) is 1. The molecule has 0 amide bonds. The van der Waals surface area contributed by atoms with Gasteiger partial charge in [0.1, 0.15) is 0 Å². The smallest absolute Gasteiger partial charge is 0.0572 e. The number of rotatable bonds is 6. The van der Waals surface area contributed by atoms with E-state index in [9.17, 15) is 0 Å². The van der Waals surface area contributed by atoms with Crippen LogP contribution in [0.25, 0.3) is 43.7 Å². The predicted molar refractivity (Wildman–Crippen MR) is 171 cm³/mol. The van der Waals surface area contributed by atoms with Gasteiger partial charge in [-0.05, 0) is 53.5 Å². The normalized spacial score (nSPS) is 15.9. The Labute approximate surface area is 235 Å². The van der Waals surface area contributed by atoms with Crippen LogP contribution in [-0.4, -0.2) is 11.0 Å². The van der Waals surface area contributed by atoms with E-state index in [2.05, 4.69) is 139 Å². The standard InChI is InChI=1S/C37H33N3/c1-24-10-9-13-27(22-24)32(38)23-25-18-20-28(21-19-25)39-36-30-15-6-5-14-29(30)35-31-16-7-8-17-33(31)40-37(35)34(36)26-11-3-2-4-12-26/h2-21,24,32,39-40H,22-23,38H2,1H3/t24?,32-/m0/s1. The summed E-state index contributed by atoms with van der Waals surface area (Å²) in [5, 5.41) is 8.78. The summed E-state index contributed by atoms with van der Waals surface area (Å²) < 4.78 is 0. The minimum atomic E-state index is 0.0456. The number of nitrogens with one attached hydrogen (secondary N) is 2. The predicted octanol–water partition coefficient (Wildman–Crippen LogP) is 9.28. The number of para-hydroxylation sites is 1. The summed E-state index contributed by atoms with van der Waals surface area (Å²) in [6, 6.07) is 36.8. The molecule has 1 heterocycles. The molecule has 0 saturated carbocycles. The third-order valence-electron chi connectivity index (χ3n) is 8.20. The van der Waals surface area contributed by atoms with E-state index < -0.39 is 0 Å². The number of allylic oxidation sites excluding steroid dienone is 3. The Hall–Kier alpha value is -4.60. The Balaban J connectivity index is 1.32. The first-order valence-electron chi connectivity index (χ1n) is 14.1. The summed E-state index contributed by atoms with van der Waals surface area (Å²) >= 11 is 0. The fraction of sp³-hybridized carbons (Fsp3) is 0.135. The van der Waals surface area contributed by atoms with E-state index in [0.29, 0.717) is 5.92 Å². The van der Waals surface area contributed by atoms with E-state index in [1.54, 1.807) is 0 Å². The second kappa shape index (κ2) is 10.2. The van der Waals surface area contributed by atoms with Gasteiger partial charge in [0.05, 0.1) is 11.2 Å². The molecule has 4 N–H and O–H groups in total. The van der Waals surface area contributed by atoms with Gasteiger partial charge in [-0.15, -0.1) is 0 Å². The lowest BCUT2D eigenvalue weighted by molar-refractivity contribution is 0.633. The van der Waals surface area contributed by atoms with Gasteiger partial charge >= 0.3 is 0 Å². The average Bonchev–Trinajstić information content (AvgIpc) is 3.38. The van der Waals surface area contributed by atoms with Crippen LogP contribution in [0.4, 0.5) is 11.4 Å². The van der Waals surface area contributed by atoms with Crippen LogP contribution in [-0.2, 0) is 6.42 Å². The first kappa shape index (κ1) is 24.4. The molecular weight excluding hydrogens is 486 g/mol. The van der Waals surface area contributed by atoms with Crippen LogP contribution in [0.15, 0.2) is 127 Å². The maximum Gasteiger partial charge on any atom is 0.0572 e. The van der Waals surface area contributed by atoms with Crippen molar-refractivity contribution in [2.45, 2.75) is 25.8 Å². The Morgan fingerprint density at radius 1 is 0.825 bits per heavy atom. The second-order valence-electron chi connectivity index (χ2n) is 11.0. The topological polar surface area (TPSA) is 53.8 Å². The Morgan fingerprint density at radius 2 is 1.52 bits per heavy atom. The molecule has 0 fully saturated rings. The molecule has 1 aliphatic rings. The van der Waals surface area contributed by atoms with Crippen molar-refractivity contribution < 1.29 is 0 Å². The maximum atomic E-state index is 6.61. The molecule has 0 saturated heterocycles. The van der Waals surface area contributed by atoms with E-state index in [-0.39, 0.29) is 6.04 Å². The van der Waals surface area contributed by atoms with Crippen molar-refractivity contribution in [2.24, 2.45) is 11.7 Å². The van der Waals surface area contributed by atoms with Gasteiger partial charge in [-0.1, -0.05) is 116 Å². The molecule has 40 heavy (non-hydrogen) atoms. The molecule has 0 aliphatic heterocycles. The number of anilines is 2. The van der Waals surface area contributed by atoms with Crippen molar-refractivity contribution in [3.05, 3.63) is 132 Å². The van der Waals surface area contributed by atoms with Crippen molar-refractivity contribution in [1.29, 1.82) is 0 Å². The lowest BCUT2D eigenvalue weighted by Gasteiger charge is -2.21. The minimum absolute atomic E-state index is 0.0456. The number of H-pyrrole nitrogens is 1. The summed E-state index contributed by atoms with van der Waals surface area (Å²) in [6.45, 7) is 2.25. The Bertz CT molecular complexity index is 1890. The molecule has 3 heteroatoms. The first-order chi connectivity index (χ1) is 19.7. The van der Waals surface area contributed by atoms with E-state index in [4.69, 9.17) is 5.73 Å². The zero-order valence-electron chi connectivity index (χ0n) is 22.7. The SMILES string of the molecule is CC1C=CC=C([C@@H](N)Cc2ccc(Nc3c(-c4ccccc4)c4[nH]c5ccccc5c4c4ccccc34)cc2)C1. The number of aromatic amines is 1. The van der Waals surface area contributed by atoms with Crippen LogP contribution >= 0.6 is 0 Å². The van der Waals surface area contributed by atoms with Gasteiger partial charge in [-0.3, -0.25) is 0 Å². The van der Waals surface area contributed by atoms with E-state index >= 15 is 0 Å². The molecule has 0 radical (unpaired) electrons. The zero-order valence-corrected chi connectivity index (χ0v) is 22.7. The fourth-order valence-electron chi connectivity index (χ4n) is 6.22. The highest BCUT2D eigenvalue weighted by Crippen LogP contribution is 2.45. The highest BCUT2D eigenvalue weighted by molar-refractivity contribution is 6.28. The molecular formula is C37H33N3. The maximum absolute atomic E-state index is 6.61. The molecule has 1 aliphatic carbocycles. The summed E-state index contributed by atoms with van der Waals surface area (Å²) in [4.78, 5) is 3.76. The fourth-order valence-corrected chi connectivity index (χ4v) is 6.22. The molecule has 0 spiro atoms. The average molecular weight is 520 g/mol. The zero-order chi connectivity index (χ0) is 27.1. The minimum Gasteiger partial charge on any atom is -0.354 e. The quantitative estimate of drug-likeness (QED) is 0.205. The van der Waals surface area contributed by atoms with Gasteiger partial charge < -0.3 is 16.0 Å². The van der Waals surface area contributed by atoms with Crippen molar-refractivity contribution in [2.75, 3.05) is 5.32 Å². The summed E-state index contributed by atoms with van der Waals surface area (Å²) in [6.07, 6.45) is 8.47. The second-order valence-corrected chi connectivity index (χ2v) is 11.0. The van der Waals surface area contributed by atoms with E-state index in [1.165, 1.54) is 43.8 Å². The molecule has 6 aromatic rings. The highest BCUT2D eigenvalue weighted by Gasteiger charge is 2.20. The molecule has 1 unspecified atom stereocenters. The van der Waals surface area contributed by atoms with Gasteiger partial charge in [0.2, 0.25) is 0 Å². The molecule has 3 nitrogen and oxygen atoms in total. The van der Waals surface area contributed by atoms with Crippen LogP contribution in [0.3, 0.4) is 0 Å². The number of hydrogen-bond donors (Lipinski definition) is 3. The summed E-state index contributed by atoms with van der Waals surface area (Å²) in [5.74, 6) is 0.556. The molecule has 2 atom stereocenters. The molecule has 5 aromatic carbocycles. The third kappa shape index (κ3) is 4.39. The van der Waals surface area contributed by atoms with Gasteiger partial charge in [0.25, 0.3) is 0 Å². The lowest BCUT2D eigenvalue weighted by Crippen LogP contribution is -2.27. The van der Waals surface area contributed by atoms with Gasteiger partial charge in [-0.2, -0.15) is 0 Å². The van der Waals surface area contributed by atoms with Crippen LogP contribution in [0, 0.1) is 5.92 Å². The number of aromatic nitrogens is 1. The van der Waals surface area contributed by atoms with Crippen LogP contribution in [0.5, 0.6) is 0 Å². The Morgan fingerprint density at radius 3 is 2.30 bits per heavy atom. The van der Waals surface area contributed by atoms with Crippen LogP contribution in [0.2, 0.25) is 0 Å². The molecule has 1 aromatic heterocycles. The van der Waals surface area contributed by atoms with Gasteiger partial charge in [-0.25, -0.2) is 0 Å². The van der Waals surface area contributed by atoms with Crippen molar-refractivity contribution in [3.63, 3.8) is 0 Å². The lowest BCUT2D eigenvalue weighted by atomic mass is 9.89. The summed E-state index contributed by atoms with van der Waals surface area (Å²) in [5.41, 5.74) is 16.0. The number of hydrogen-bond acceptors (Lipinski definition) is 2. The van der Waals surface area contributed by atoms with Gasteiger partial charge in [0.15, 0.2) is 0 Å². The Kier molecular flexibility index (Phi) is 6.22. The third-order valence-corrected chi connectivity index (χ3v) is 8.20. The first-order valence-corrected chi connectivity index (χ1v) is 14.1. The van der Waals surface area contributed by atoms with E-state index in [0.717, 1.165) is 35.2 Å². The van der Waals surface area contributed by atoms with Crippen LogP contribution < -0.4 is 11.1 Å². The molecule has 0 bridgehead atoms.